The van der Waals surface area contributed by atoms with Crippen LogP contribution in [-0.4, -0.2) is 24.3 Å². The summed E-state index contributed by atoms with van der Waals surface area (Å²) in [7, 11) is 0. The first-order chi connectivity index (χ1) is 17.4. The topological polar surface area (TPSA) is 51.4 Å². The third-order valence-corrected chi connectivity index (χ3v) is 7.90. The number of para-hydroxylation sites is 1. The third kappa shape index (κ3) is 4.95. The Morgan fingerprint density at radius 3 is 2.33 bits per heavy atom. The van der Waals surface area contributed by atoms with Crippen molar-refractivity contribution in [3.63, 3.8) is 0 Å². The van der Waals surface area contributed by atoms with Crippen LogP contribution in [0.1, 0.15) is 47.3 Å². The van der Waals surface area contributed by atoms with Gasteiger partial charge in [0, 0.05) is 0 Å². The molecule has 5 aromatic rings. The summed E-state index contributed by atoms with van der Waals surface area (Å²) < 4.78 is 5.90. The maximum absolute atomic E-state index is 5.03. The van der Waals surface area contributed by atoms with Crippen molar-refractivity contribution in [3.05, 3.63) is 92.7 Å². The monoisotopic (exact) mass is 658 g/mol. The van der Waals surface area contributed by atoms with Gasteiger partial charge in [-0.25, -0.2) is 0 Å². The number of unbranched alkanes of at least 4 members (excludes halogenated alkanes) is 2. The van der Waals surface area contributed by atoms with Crippen LogP contribution >= 0.6 is 0 Å². The van der Waals surface area contributed by atoms with Gasteiger partial charge in [0.05, 0.1) is 0 Å². The molecule has 5 nitrogen and oxygen atoms in total. The van der Waals surface area contributed by atoms with Crippen LogP contribution in [0, 0.1) is 31.5 Å². The average molecular weight is 659 g/mol. The van der Waals surface area contributed by atoms with Crippen molar-refractivity contribution in [1.29, 1.82) is 0 Å². The van der Waals surface area contributed by atoms with Gasteiger partial charge in [-0.05, 0) is 0 Å². The fourth-order valence-electron chi connectivity index (χ4n) is 5.24. The number of hydrogen-bond acceptors (Lipinski definition) is 2. The van der Waals surface area contributed by atoms with Gasteiger partial charge in [-0.1, -0.05) is 0 Å². The van der Waals surface area contributed by atoms with Gasteiger partial charge in [-0.2, -0.15) is 0 Å². The Labute approximate surface area is 223 Å². The molecule has 0 aliphatic carbocycles. The number of aryl methyl sites for hydroxylation is 6. The van der Waals surface area contributed by atoms with E-state index in [9.17, 15) is 0 Å². The number of imidazole rings is 1. The van der Waals surface area contributed by atoms with Crippen LogP contribution in [0.2, 0.25) is 0 Å². The average Bonchev–Trinajstić information content (AvgIpc) is 3.38. The summed E-state index contributed by atoms with van der Waals surface area (Å²) in [6.45, 7) is 9.58. The molecule has 0 atom stereocenters. The molecule has 5 rings (SSSR count). The van der Waals surface area contributed by atoms with Gasteiger partial charge in [0.2, 0.25) is 0 Å². The van der Waals surface area contributed by atoms with Crippen molar-refractivity contribution in [3.8, 4) is 16.8 Å². The SMILES string of the molecule is Cc1cc(C)c(-c2cnc3c(c2)n(CCCCCc2cc(C)[nH]n2)[c](=[Pt])n3-c2ccccc2)c(C)c1. The number of H-pyrrole nitrogens is 1. The van der Waals surface area contributed by atoms with Gasteiger partial charge in [-0.3, -0.25) is 0 Å². The predicted molar refractivity (Wildman–Crippen MR) is 143 cm³/mol. The van der Waals surface area contributed by atoms with Crippen molar-refractivity contribution >= 4 is 11.2 Å². The number of fused-ring (bicyclic) bond motifs is 1. The van der Waals surface area contributed by atoms with Crippen molar-refractivity contribution < 1.29 is 19.4 Å². The standard InChI is InChI=1S/C30H33N5.Pt/c1-21-15-22(2)29(23(3)16-21)25-18-28-30(31-19-25)35(27-12-8-5-9-13-27)20-34(28)14-10-6-7-11-26-17-24(4)32-33-26;/h5,8-9,12-13,15-19H,6-7,10-11,14H2,1-4H3,(H,32,33);. The van der Waals surface area contributed by atoms with E-state index in [1.165, 1.54) is 37.1 Å². The van der Waals surface area contributed by atoms with Gasteiger partial charge < -0.3 is 0 Å². The summed E-state index contributed by atoms with van der Waals surface area (Å²) in [5, 5.41) is 7.42. The summed E-state index contributed by atoms with van der Waals surface area (Å²) in [5.41, 5.74) is 12.0. The Balaban J connectivity index is 1.50. The molecular formula is C30H33N5Pt. The zero-order valence-electron chi connectivity index (χ0n) is 21.4. The van der Waals surface area contributed by atoms with E-state index in [1.54, 1.807) is 0 Å². The van der Waals surface area contributed by atoms with E-state index < -0.39 is 0 Å². The minimum absolute atomic E-state index is 0.964. The number of rotatable bonds is 8. The van der Waals surface area contributed by atoms with Crippen LogP contribution in [-0.2, 0) is 32.3 Å². The predicted octanol–water partition coefficient (Wildman–Crippen LogP) is 6.94. The molecule has 0 radical (unpaired) electrons. The number of aromatic nitrogens is 5. The minimum atomic E-state index is 0.964. The van der Waals surface area contributed by atoms with E-state index >= 15 is 0 Å². The quantitative estimate of drug-likeness (QED) is 0.184. The van der Waals surface area contributed by atoms with Crippen molar-refractivity contribution in [2.45, 2.75) is 59.9 Å². The van der Waals surface area contributed by atoms with Crippen LogP contribution in [0.15, 0.2) is 60.8 Å². The van der Waals surface area contributed by atoms with Gasteiger partial charge in [0.1, 0.15) is 0 Å². The molecular weight excluding hydrogens is 625 g/mol. The second-order valence-electron chi connectivity index (χ2n) is 9.76. The molecule has 0 spiro atoms. The Bertz CT molecular complexity index is 1550. The summed E-state index contributed by atoms with van der Waals surface area (Å²) in [6.07, 6.45) is 6.49. The van der Waals surface area contributed by atoms with E-state index in [2.05, 4.69) is 121 Å². The first kappa shape index (κ1) is 24.6. The number of pyridine rings is 1. The number of aromatic amines is 1. The van der Waals surface area contributed by atoms with Crippen molar-refractivity contribution in [2.24, 2.45) is 0 Å². The first-order valence-electron chi connectivity index (χ1n) is 12.6. The first-order valence-corrected chi connectivity index (χ1v) is 13.8. The molecule has 0 aliphatic rings. The van der Waals surface area contributed by atoms with E-state index in [4.69, 9.17) is 4.98 Å². The van der Waals surface area contributed by atoms with Gasteiger partial charge in [0.15, 0.2) is 0 Å². The molecule has 36 heavy (non-hydrogen) atoms. The van der Waals surface area contributed by atoms with Gasteiger partial charge in [0.25, 0.3) is 0 Å². The summed E-state index contributed by atoms with van der Waals surface area (Å²) in [6, 6.07) is 19.6. The zero-order valence-corrected chi connectivity index (χ0v) is 23.7. The molecule has 1 N–H and O–H groups in total. The summed E-state index contributed by atoms with van der Waals surface area (Å²) in [4.78, 5) is 5.03. The van der Waals surface area contributed by atoms with Gasteiger partial charge >= 0.3 is 224 Å². The van der Waals surface area contributed by atoms with E-state index in [1.807, 2.05) is 6.20 Å². The molecule has 2 aromatic carbocycles. The molecule has 0 bridgehead atoms. The third-order valence-electron chi connectivity index (χ3n) is 6.78. The number of benzene rings is 2. The Hall–Kier alpha value is -3.04. The molecule has 0 saturated heterocycles. The van der Waals surface area contributed by atoms with Crippen molar-refractivity contribution in [1.82, 2.24) is 24.3 Å². The molecule has 0 aliphatic heterocycles. The molecule has 0 amide bonds. The zero-order chi connectivity index (χ0) is 25.2. The van der Waals surface area contributed by atoms with Crippen LogP contribution in [0.3, 0.4) is 0 Å². The van der Waals surface area contributed by atoms with Crippen LogP contribution < -0.4 is 0 Å². The van der Waals surface area contributed by atoms with Crippen LogP contribution in [0.5, 0.6) is 0 Å². The summed E-state index contributed by atoms with van der Waals surface area (Å²) in [5.74, 6) is 0. The van der Waals surface area contributed by atoms with Crippen molar-refractivity contribution in [2.75, 3.05) is 0 Å². The fraction of sp³-hybridized carbons (Fsp3) is 0.300. The Kier molecular flexibility index (Phi) is 7.20. The molecule has 6 heteroatoms. The maximum atomic E-state index is 5.03. The molecule has 3 aromatic heterocycles. The van der Waals surface area contributed by atoms with Crippen LogP contribution in [0.25, 0.3) is 28.0 Å². The second-order valence-corrected chi connectivity index (χ2v) is 10.8. The van der Waals surface area contributed by atoms with E-state index in [-0.39, 0.29) is 0 Å². The number of nitrogens with zero attached hydrogens (tertiary/aromatic N) is 4. The molecule has 0 saturated carbocycles. The number of hydrogen-bond donors (Lipinski definition) is 1. The molecule has 3 heterocycles. The van der Waals surface area contributed by atoms with E-state index in [0.717, 1.165) is 55.0 Å². The van der Waals surface area contributed by atoms with E-state index in [0.29, 0.717) is 0 Å². The van der Waals surface area contributed by atoms with Crippen LogP contribution in [0.4, 0.5) is 0 Å². The summed E-state index contributed by atoms with van der Waals surface area (Å²) >= 11 is 2.47. The Morgan fingerprint density at radius 2 is 1.64 bits per heavy atom. The fourth-order valence-corrected chi connectivity index (χ4v) is 6.30. The normalized spacial score (nSPS) is 11.5. The second kappa shape index (κ2) is 10.5. The van der Waals surface area contributed by atoms with Gasteiger partial charge in [-0.15, -0.1) is 0 Å². The molecule has 0 unspecified atom stereocenters. The Morgan fingerprint density at radius 1 is 0.889 bits per heavy atom. The number of nitrogens with one attached hydrogen (secondary N) is 1. The molecule has 188 valence electrons. The molecule has 0 fully saturated rings.